The van der Waals surface area contributed by atoms with E-state index >= 15 is 0 Å². The summed E-state index contributed by atoms with van der Waals surface area (Å²) in [5, 5.41) is 8.72. The summed E-state index contributed by atoms with van der Waals surface area (Å²) in [5.74, 6) is -1.15. The van der Waals surface area contributed by atoms with Gasteiger partial charge in [0, 0.05) is 19.5 Å². The molecular formula is C11H21NO3. The largest absolute Gasteiger partial charge is 0.481 e. The molecule has 0 aromatic heterocycles. The average molecular weight is 215 g/mol. The molecule has 0 saturated heterocycles. The quantitative estimate of drug-likeness (QED) is 0.755. The van der Waals surface area contributed by atoms with E-state index in [1.807, 2.05) is 20.8 Å². The van der Waals surface area contributed by atoms with Crippen molar-refractivity contribution in [2.75, 3.05) is 13.6 Å². The summed E-state index contributed by atoms with van der Waals surface area (Å²) in [6, 6.07) is 0. The topological polar surface area (TPSA) is 57.6 Å². The third kappa shape index (κ3) is 4.32. The maximum Gasteiger partial charge on any atom is 0.308 e. The zero-order chi connectivity index (χ0) is 12.2. The number of amides is 1. The van der Waals surface area contributed by atoms with Gasteiger partial charge in [-0.25, -0.2) is 0 Å². The van der Waals surface area contributed by atoms with Crippen LogP contribution in [0.25, 0.3) is 0 Å². The molecule has 0 radical (unpaired) electrons. The number of carbonyl (C=O) groups excluding carboxylic acids is 1. The Morgan fingerprint density at radius 3 is 2.00 bits per heavy atom. The molecule has 4 nitrogen and oxygen atoms in total. The summed E-state index contributed by atoms with van der Waals surface area (Å²) >= 11 is 0. The third-order valence-corrected chi connectivity index (χ3v) is 2.74. The van der Waals surface area contributed by atoms with E-state index in [0.717, 1.165) is 0 Å². The lowest BCUT2D eigenvalue weighted by Crippen LogP contribution is -2.38. The van der Waals surface area contributed by atoms with Crippen molar-refractivity contribution >= 4 is 11.9 Å². The zero-order valence-electron chi connectivity index (χ0n) is 10.2. The predicted octanol–water partition coefficient (Wildman–Crippen LogP) is 1.46. The predicted molar refractivity (Wildman–Crippen MR) is 58.4 cm³/mol. The molecule has 0 aliphatic carbocycles. The van der Waals surface area contributed by atoms with Crippen LogP contribution in [0, 0.1) is 17.8 Å². The first-order chi connectivity index (χ1) is 6.77. The Hall–Kier alpha value is -1.06. The van der Waals surface area contributed by atoms with E-state index in [0.29, 0.717) is 0 Å². The number of aliphatic carboxylic acids is 1. The fourth-order valence-corrected chi connectivity index (χ4v) is 1.21. The summed E-state index contributed by atoms with van der Waals surface area (Å²) in [6.07, 6.45) is 0. The number of hydrogen-bond acceptors (Lipinski definition) is 2. The van der Waals surface area contributed by atoms with Crippen LogP contribution in [0.15, 0.2) is 0 Å². The molecule has 15 heavy (non-hydrogen) atoms. The van der Waals surface area contributed by atoms with Gasteiger partial charge in [0.1, 0.15) is 0 Å². The maximum absolute atomic E-state index is 11.8. The number of carbonyl (C=O) groups is 2. The van der Waals surface area contributed by atoms with Gasteiger partial charge < -0.3 is 10.0 Å². The van der Waals surface area contributed by atoms with Crippen LogP contribution in [-0.2, 0) is 9.59 Å². The number of nitrogens with zero attached hydrogens (tertiary/aromatic N) is 1. The molecule has 0 aliphatic rings. The lowest BCUT2D eigenvalue weighted by Gasteiger charge is -2.24. The molecule has 0 bridgehead atoms. The molecule has 2 atom stereocenters. The Labute approximate surface area is 91.3 Å². The molecule has 1 N–H and O–H groups in total. The fourth-order valence-electron chi connectivity index (χ4n) is 1.21. The minimum absolute atomic E-state index is 0.0121. The molecule has 0 aromatic rings. The van der Waals surface area contributed by atoms with E-state index in [1.165, 1.54) is 4.90 Å². The standard InChI is InChI=1S/C11H21NO3/c1-7(2)9(4)10(13)12(5)6-8(3)11(14)15/h7-9H,6H2,1-5H3,(H,14,15)/t8-,9+/m0/s1. The van der Waals surface area contributed by atoms with Crippen LogP contribution >= 0.6 is 0 Å². The van der Waals surface area contributed by atoms with E-state index in [1.54, 1.807) is 14.0 Å². The Kier molecular flexibility index (Phi) is 5.33. The van der Waals surface area contributed by atoms with Gasteiger partial charge in [-0.15, -0.1) is 0 Å². The van der Waals surface area contributed by atoms with Crippen LogP contribution in [0.4, 0.5) is 0 Å². The molecular weight excluding hydrogens is 194 g/mol. The van der Waals surface area contributed by atoms with E-state index in [-0.39, 0.29) is 24.3 Å². The second-order valence-electron chi connectivity index (χ2n) is 4.49. The first kappa shape index (κ1) is 13.9. The van der Waals surface area contributed by atoms with Crippen molar-refractivity contribution in [3.8, 4) is 0 Å². The highest BCUT2D eigenvalue weighted by atomic mass is 16.4. The summed E-state index contributed by atoms with van der Waals surface area (Å²) < 4.78 is 0. The summed E-state index contributed by atoms with van der Waals surface area (Å²) in [5.41, 5.74) is 0. The van der Waals surface area contributed by atoms with Crippen molar-refractivity contribution in [3.05, 3.63) is 0 Å². The minimum atomic E-state index is -0.869. The van der Waals surface area contributed by atoms with Crippen molar-refractivity contribution in [3.63, 3.8) is 0 Å². The molecule has 0 saturated carbocycles. The lowest BCUT2D eigenvalue weighted by molar-refractivity contribution is -0.143. The zero-order valence-corrected chi connectivity index (χ0v) is 10.2. The molecule has 0 aliphatic heterocycles. The van der Waals surface area contributed by atoms with Crippen LogP contribution in [0.1, 0.15) is 27.7 Å². The van der Waals surface area contributed by atoms with Crippen LogP contribution < -0.4 is 0 Å². The Morgan fingerprint density at radius 1 is 1.20 bits per heavy atom. The van der Waals surface area contributed by atoms with Crippen molar-refractivity contribution in [2.24, 2.45) is 17.8 Å². The number of hydrogen-bond donors (Lipinski definition) is 1. The molecule has 0 aromatic carbocycles. The summed E-state index contributed by atoms with van der Waals surface area (Å²) in [4.78, 5) is 23.9. The van der Waals surface area contributed by atoms with E-state index in [4.69, 9.17) is 5.11 Å². The van der Waals surface area contributed by atoms with Gasteiger partial charge in [-0.1, -0.05) is 27.7 Å². The van der Waals surface area contributed by atoms with Gasteiger partial charge in [0.15, 0.2) is 0 Å². The molecule has 4 heteroatoms. The third-order valence-electron chi connectivity index (χ3n) is 2.74. The normalized spacial score (nSPS) is 14.8. The summed E-state index contributed by atoms with van der Waals surface area (Å²) in [7, 11) is 1.65. The van der Waals surface area contributed by atoms with Crippen molar-refractivity contribution in [1.82, 2.24) is 4.90 Å². The number of rotatable bonds is 5. The van der Waals surface area contributed by atoms with Gasteiger partial charge >= 0.3 is 5.97 Å². The van der Waals surface area contributed by atoms with Gasteiger partial charge in [-0.2, -0.15) is 0 Å². The van der Waals surface area contributed by atoms with E-state index in [9.17, 15) is 9.59 Å². The monoisotopic (exact) mass is 215 g/mol. The van der Waals surface area contributed by atoms with Crippen LogP contribution in [0.2, 0.25) is 0 Å². The molecule has 0 heterocycles. The SMILES string of the molecule is CC(C)[C@@H](C)C(=O)N(C)C[C@H](C)C(=O)O. The van der Waals surface area contributed by atoms with Crippen LogP contribution in [0.5, 0.6) is 0 Å². The Bertz CT molecular complexity index is 238. The molecule has 0 spiro atoms. The van der Waals surface area contributed by atoms with Crippen molar-refractivity contribution in [2.45, 2.75) is 27.7 Å². The smallest absolute Gasteiger partial charge is 0.308 e. The fraction of sp³-hybridized carbons (Fsp3) is 0.818. The first-order valence-corrected chi connectivity index (χ1v) is 5.25. The highest BCUT2D eigenvalue weighted by molar-refractivity contribution is 5.79. The number of carboxylic acid groups (broad SMARTS) is 1. The highest BCUT2D eigenvalue weighted by Gasteiger charge is 2.23. The second kappa shape index (κ2) is 5.73. The second-order valence-corrected chi connectivity index (χ2v) is 4.49. The number of carboxylic acids is 1. The van der Waals surface area contributed by atoms with Gasteiger partial charge in [0.25, 0.3) is 0 Å². The molecule has 0 rings (SSSR count). The Balaban J connectivity index is 4.27. The van der Waals surface area contributed by atoms with Gasteiger partial charge in [0.05, 0.1) is 5.92 Å². The summed E-state index contributed by atoms with van der Waals surface area (Å²) in [6.45, 7) is 7.71. The molecule has 1 amide bonds. The highest BCUT2D eigenvalue weighted by Crippen LogP contribution is 2.13. The molecule has 0 fully saturated rings. The van der Waals surface area contributed by atoms with E-state index in [2.05, 4.69) is 0 Å². The minimum Gasteiger partial charge on any atom is -0.481 e. The van der Waals surface area contributed by atoms with Gasteiger partial charge in [0.2, 0.25) is 5.91 Å². The van der Waals surface area contributed by atoms with E-state index < -0.39 is 11.9 Å². The lowest BCUT2D eigenvalue weighted by atomic mass is 9.96. The average Bonchev–Trinajstić information content (AvgIpc) is 2.14. The van der Waals surface area contributed by atoms with Crippen molar-refractivity contribution < 1.29 is 14.7 Å². The van der Waals surface area contributed by atoms with Crippen LogP contribution in [0.3, 0.4) is 0 Å². The van der Waals surface area contributed by atoms with Gasteiger partial charge in [-0.3, -0.25) is 9.59 Å². The molecule has 0 unspecified atom stereocenters. The molecule has 88 valence electrons. The van der Waals surface area contributed by atoms with Gasteiger partial charge in [-0.05, 0) is 5.92 Å². The Morgan fingerprint density at radius 2 is 1.67 bits per heavy atom. The maximum atomic E-state index is 11.8. The van der Waals surface area contributed by atoms with Crippen molar-refractivity contribution in [1.29, 1.82) is 0 Å². The first-order valence-electron chi connectivity index (χ1n) is 5.25. The van der Waals surface area contributed by atoms with Crippen LogP contribution in [-0.4, -0.2) is 35.5 Å².